The van der Waals surface area contributed by atoms with E-state index in [1.54, 1.807) is 0 Å². The van der Waals surface area contributed by atoms with Crippen LogP contribution < -0.4 is 0 Å². The van der Waals surface area contributed by atoms with E-state index >= 15 is 0 Å². The zero-order valence-electron chi connectivity index (χ0n) is 11.5. The lowest BCUT2D eigenvalue weighted by Gasteiger charge is -2.09. The molecule has 3 rings (SSSR count). The van der Waals surface area contributed by atoms with Gasteiger partial charge in [0.1, 0.15) is 4.60 Å². The zero-order chi connectivity index (χ0) is 14.1. The molecule has 2 heterocycles. The first-order chi connectivity index (χ1) is 9.72. The van der Waals surface area contributed by atoms with Gasteiger partial charge in [-0.2, -0.15) is 0 Å². The number of hydrogen-bond donors (Lipinski definition) is 0. The van der Waals surface area contributed by atoms with E-state index in [1.165, 1.54) is 22.2 Å². The molecule has 0 radical (unpaired) electrons. The Morgan fingerprint density at radius 3 is 2.75 bits per heavy atom. The van der Waals surface area contributed by atoms with Gasteiger partial charge in [0.25, 0.3) is 0 Å². The van der Waals surface area contributed by atoms with Crippen molar-refractivity contribution in [1.29, 1.82) is 0 Å². The van der Waals surface area contributed by atoms with Gasteiger partial charge in [0.2, 0.25) is 0 Å². The van der Waals surface area contributed by atoms with E-state index in [-0.39, 0.29) is 0 Å². The van der Waals surface area contributed by atoms with Gasteiger partial charge in [0, 0.05) is 17.3 Å². The summed E-state index contributed by atoms with van der Waals surface area (Å²) in [6.07, 6.45) is 6.06. The maximum atomic E-state index is 4.21. The van der Waals surface area contributed by atoms with Crippen molar-refractivity contribution in [3.05, 3.63) is 64.5 Å². The molecule has 1 aromatic carbocycles. The number of fused-ring (bicyclic) bond motifs is 1. The fourth-order valence-electron chi connectivity index (χ4n) is 2.59. The van der Waals surface area contributed by atoms with E-state index in [0.717, 1.165) is 10.3 Å². The van der Waals surface area contributed by atoms with Gasteiger partial charge in [-0.3, -0.25) is 0 Å². The molecule has 0 atom stereocenters. The summed E-state index contributed by atoms with van der Waals surface area (Å²) in [4.78, 5) is 4.21. The van der Waals surface area contributed by atoms with Crippen LogP contribution in [0.4, 0.5) is 0 Å². The minimum Gasteiger partial charge on any atom is -0.309 e. The molecule has 0 bridgehead atoms. The maximum Gasteiger partial charge on any atom is 0.108 e. The van der Waals surface area contributed by atoms with Crippen molar-refractivity contribution < 1.29 is 0 Å². The number of halogens is 1. The highest BCUT2D eigenvalue weighted by molar-refractivity contribution is 9.10. The molecule has 0 fully saturated rings. The Bertz CT molecular complexity index is 800. The molecule has 0 aliphatic rings. The lowest BCUT2D eigenvalue weighted by atomic mass is 10.1. The largest absolute Gasteiger partial charge is 0.309 e. The third kappa shape index (κ3) is 2.08. The van der Waals surface area contributed by atoms with E-state index in [9.17, 15) is 0 Å². The third-order valence-electron chi connectivity index (χ3n) is 3.47. The van der Waals surface area contributed by atoms with Crippen LogP contribution in [-0.2, 0) is 0 Å². The van der Waals surface area contributed by atoms with Crippen LogP contribution in [0.3, 0.4) is 0 Å². The standard InChI is InChI=1S/C17H15BrN2/c1-3-6-15-12(2)14-7-4-5-8-16(14)20(15)13-9-10-19-17(18)11-13/h3-11H,1-2H3/b6-3-. The van der Waals surface area contributed by atoms with Crippen molar-refractivity contribution in [2.75, 3.05) is 0 Å². The second-order valence-electron chi connectivity index (χ2n) is 4.70. The van der Waals surface area contributed by atoms with Gasteiger partial charge in [0.05, 0.1) is 11.2 Å². The second-order valence-corrected chi connectivity index (χ2v) is 5.51. The molecule has 0 aliphatic heterocycles. The van der Waals surface area contributed by atoms with Gasteiger partial charge >= 0.3 is 0 Å². The van der Waals surface area contributed by atoms with Gasteiger partial charge in [-0.15, -0.1) is 0 Å². The van der Waals surface area contributed by atoms with Gasteiger partial charge in [0.15, 0.2) is 0 Å². The Kier molecular flexibility index (Phi) is 3.45. The van der Waals surface area contributed by atoms with Crippen molar-refractivity contribution in [2.45, 2.75) is 13.8 Å². The summed E-state index contributed by atoms with van der Waals surface area (Å²) in [5, 5.41) is 1.29. The van der Waals surface area contributed by atoms with Gasteiger partial charge < -0.3 is 4.57 Å². The van der Waals surface area contributed by atoms with Gasteiger partial charge in [-0.25, -0.2) is 4.98 Å². The molecular weight excluding hydrogens is 312 g/mol. The SMILES string of the molecule is C/C=C\c1c(C)c2ccccc2n1-c1ccnc(Br)c1. The predicted molar refractivity (Wildman–Crippen MR) is 88.2 cm³/mol. The third-order valence-corrected chi connectivity index (χ3v) is 3.90. The first-order valence-electron chi connectivity index (χ1n) is 6.57. The van der Waals surface area contributed by atoms with Crippen LogP contribution in [-0.4, -0.2) is 9.55 Å². The topological polar surface area (TPSA) is 17.8 Å². The van der Waals surface area contributed by atoms with E-state index in [0.29, 0.717) is 0 Å². The molecule has 3 aromatic rings. The first-order valence-corrected chi connectivity index (χ1v) is 7.36. The first kappa shape index (κ1) is 13.1. The lowest BCUT2D eigenvalue weighted by molar-refractivity contribution is 1.08. The number of aromatic nitrogens is 2. The lowest BCUT2D eigenvalue weighted by Crippen LogP contribution is -1.97. The van der Waals surface area contributed by atoms with Crippen LogP contribution in [0.15, 0.2) is 53.3 Å². The quantitative estimate of drug-likeness (QED) is 0.597. The van der Waals surface area contributed by atoms with Crippen LogP contribution in [0.2, 0.25) is 0 Å². The van der Waals surface area contributed by atoms with E-state index < -0.39 is 0 Å². The van der Waals surface area contributed by atoms with Crippen molar-refractivity contribution in [2.24, 2.45) is 0 Å². The highest BCUT2D eigenvalue weighted by Crippen LogP contribution is 2.30. The molecule has 0 amide bonds. The average Bonchev–Trinajstić information content (AvgIpc) is 2.73. The Balaban J connectivity index is 2.41. The molecule has 0 aliphatic carbocycles. The summed E-state index contributed by atoms with van der Waals surface area (Å²) < 4.78 is 3.12. The molecule has 0 saturated carbocycles. The molecule has 3 heteroatoms. The van der Waals surface area contributed by atoms with E-state index in [4.69, 9.17) is 0 Å². The summed E-state index contributed by atoms with van der Waals surface area (Å²) in [5.41, 5.74) is 4.85. The molecular formula is C17H15BrN2. The highest BCUT2D eigenvalue weighted by Gasteiger charge is 2.13. The summed E-state index contributed by atoms with van der Waals surface area (Å²) in [7, 11) is 0. The number of pyridine rings is 1. The summed E-state index contributed by atoms with van der Waals surface area (Å²) >= 11 is 3.45. The average molecular weight is 327 g/mol. The van der Waals surface area contributed by atoms with Crippen LogP contribution in [0, 0.1) is 6.92 Å². The Morgan fingerprint density at radius 2 is 2.00 bits per heavy atom. The molecule has 0 saturated heterocycles. The molecule has 2 aromatic heterocycles. The molecule has 2 nitrogen and oxygen atoms in total. The minimum atomic E-state index is 0.844. The predicted octanol–water partition coefficient (Wildman–Crippen LogP) is 5.13. The number of benzene rings is 1. The molecule has 0 N–H and O–H groups in total. The van der Waals surface area contributed by atoms with Crippen molar-refractivity contribution >= 4 is 32.9 Å². The normalized spacial score (nSPS) is 11.6. The molecule has 100 valence electrons. The Hall–Kier alpha value is -1.87. The monoisotopic (exact) mass is 326 g/mol. The summed E-state index contributed by atoms with van der Waals surface area (Å²) in [5.74, 6) is 0. The number of allylic oxidation sites excluding steroid dienone is 1. The van der Waals surface area contributed by atoms with Crippen LogP contribution in [0.1, 0.15) is 18.2 Å². The van der Waals surface area contributed by atoms with Crippen LogP contribution >= 0.6 is 15.9 Å². The number of para-hydroxylation sites is 1. The second kappa shape index (κ2) is 5.25. The van der Waals surface area contributed by atoms with Crippen LogP contribution in [0.25, 0.3) is 22.7 Å². The van der Waals surface area contributed by atoms with Gasteiger partial charge in [-0.1, -0.05) is 24.3 Å². The maximum absolute atomic E-state index is 4.21. The minimum absolute atomic E-state index is 0.844. The van der Waals surface area contributed by atoms with Gasteiger partial charge in [-0.05, 0) is 59.6 Å². The fraction of sp³-hybridized carbons (Fsp3) is 0.118. The zero-order valence-corrected chi connectivity index (χ0v) is 13.1. The van der Waals surface area contributed by atoms with Crippen molar-refractivity contribution in [3.8, 4) is 5.69 Å². The fourth-order valence-corrected chi connectivity index (χ4v) is 2.94. The van der Waals surface area contributed by atoms with Crippen LogP contribution in [0.5, 0.6) is 0 Å². The Morgan fingerprint density at radius 1 is 1.20 bits per heavy atom. The van der Waals surface area contributed by atoms with Crippen molar-refractivity contribution in [1.82, 2.24) is 9.55 Å². The number of hydrogen-bond acceptors (Lipinski definition) is 1. The number of aryl methyl sites for hydroxylation is 1. The molecule has 0 unspecified atom stereocenters. The van der Waals surface area contributed by atoms with E-state index in [2.05, 4.69) is 68.8 Å². The summed E-state index contributed by atoms with van der Waals surface area (Å²) in [6.45, 7) is 4.22. The number of nitrogens with zero attached hydrogens (tertiary/aromatic N) is 2. The highest BCUT2D eigenvalue weighted by atomic mass is 79.9. The number of rotatable bonds is 2. The molecule has 0 spiro atoms. The smallest absolute Gasteiger partial charge is 0.108 e. The summed E-state index contributed by atoms with van der Waals surface area (Å²) in [6, 6.07) is 12.6. The Labute approximate surface area is 126 Å². The molecule has 20 heavy (non-hydrogen) atoms. The van der Waals surface area contributed by atoms with E-state index in [1.807, 2.05) is 25.3 Å². The van der Waals surface area contributed by atoms with Crippen molar-refractivity contribution in [3.63, 3.8) is 0 Å².